The Morgan fingerprint density at radius 2 is 1.61 bits per heavy atom. The summed E-state index contributed by atoms with van der Waals surface area (Å²) in [6.07, 6.45) is 3.27. The second-order valence-corrected chi connectivity index (χ2v) is 9.15. The van der Waals surface area contributed by atoms with Crippen LogP contribution in [-0.4, -0.2) is 46.3 Å². The molecule has 2 atom stereocenters. The van der Waals surface area contributed by atoms with Crippen molar-refractivity contribution >= 4 is 17.5 Å². The molecule has 0 fully saturated rings. The number of carbonyl (C=O) groups excluding carboxylic acids is 1. The zero-order valence-corrected chi connectivity index (χ0v) is 20.6. The predicted octanol–water partition coefficient (Wildman–Crippen LogP) is 5.29. The molecular weight excluding hydrogens is 478 g/mol. The van der Waals surface area contributed by atoms with Gasteiger partial charge in [0.2, 0.25) is 12.3 Å². The SMILES string of the molecule is COc1cc(OC)cc([C@@H](C[N+](=O)[O-])[C@H](Sc2ccccc2)C(=O)c2nccn2-c2ccccc2)c1. The Labute approximate surface area is 213 Å². The van der Waals surface area contributed by atoms with Crippen molar-refractivity contribution in [3.63, 3.8) is 0 Å². The van der Waals surface area contributed by atoms with Crippen LogP contribution in [0.25, 0.3) is 5.69 Å². The molecule has 0 bridgehead atoms. The predicted molar refractivity (Wildman–Crippen MR) is 138 cm³/mol. The lowest BCUT2D eigenvalue weighted by atomic mass is 9.92. The topological polar surface area (TPSA) is 96.5 Å². The molecule has 0 N–H and O–H groups in total. The number of Topliss-reactive ketones (excluding diaryl/α,β-unsaturated/α-hetero) is 1. The molecule has 0 aliphatic rings. The van der Waals surface area contributed by atoms with Gasteiger partial charge in [-0.3, -0.25) is 19.5 Å². The second kappa shape index (κ2) is 11.5. The van der Waals surface area contributed by atoms with Crippen molar-refractivity contribution in [1.29, 1.82) is 0 Å². The van der Waals surface area contributed by atoms with Crippen LogP contribution in [0, 0.1) is 10.1 Å². The van der Waals surface area contributed by atoms with Gasteiger partial charge < -0.3 is 9.47 Å². The van der Waals surface area contributed by atoms with Crippen LogP contribution < -0.4 is 9.47 Å². The molecule has 3 aromatic carbocycles. The molecule has 184 valence electrons. The Morgan fingerprint density at radius 1 is 1.00 bits per heavy atom. The van der Waals surface area contributed by atoms with Gasteiger partial charge >= 0.3 is 0 Å². The molecule has 1 heterocycles. The monoisotopic (exact) mass is 503 g/mol. The fourth-order valence-electron chi connectivity index (χ4n) is 3.95. The average molecular weight is 504 g/mol. The summed E-state index contributed by atoms with van der Waals surface area (Å²) in [5, 5.41) is 11.0. The highest BCUT2D eigenvalue weighted by Crippen LogP contribution is 2.38. The van der Waals surface area contributed by atoms with Gasteiger partial charge in [-0.15, -0.1) is 11.8 Å². The van der Waals surface area contributed by atoms with Crippen LogP contribution in [0.15, 0.2) is 96.2 Å². The van der Waals surface area contributed by atoms with E-state index in [0.717, 1.165) is 10.6 Å². The quantitative estimate of drug-likeness (QED) is 0.119. The minimum absolute atomic E-state index is 0.206. The number of imidazole rings is 1. The van der Waals surface area contributed by atoms with Crippen LogP contribution in [-0.2, 0) is 0 Å². The normalized spacial score (nSPS) is 12.5. The van der Waals surface area contributed by atoms with Gasteiger partial charge in [-0.2, -0.15) is 0 Å². The van der Waals surface area contributed by atoms with Crippen molar-refractivity contribution in [3.8, 4) is 17.2 Å². The zero-order valence-electron chi connectivity index (χ0n) is 19.8. The van der Waals surface area contributed by atoms with Gasteiger partial charge in [0.25, 0.3) is 0 Å². The van der Waals surface area contributed by atoms with Crippen molar-refractivity contribution in [2.24, 2.45) is 0 Å². The van der Waals surface area contributed by atoms with Gasteiger partial charge in [0.15, 0.2) is 5.82 Å². The fraction of sp³-hybridized carbons (Fsp3) is 0.185. The van der Waals surface area contributed by atoms with E-state index in [-0.39, 0.29) is 11.6 Å². The molecule has 0 radical (unpaired) electrons. The van der Waals surface area contributed by atoms with Crippen LogP contribution in [0.5, 0.6) is 11.5 Å². The number of methoxy groups -OCH3 is 2. The molecule has 36 heavy (non-hydrogen) atoms. The molecular formula is C27H25N3O5S. The number of ether oxygens (including phenoxy) is 2. The molecule has 0 aliphatic carbocycles. The molecule has 0 saturated heterocycles. The lowest BCUT2D eigenvalue weighted by molar-refractivity contribution is -0.483. The third-order valence-corrected chi connectivity index (χ3v) is 7.01. The number of carbonyl (C=O) groups is 1. The standard InChI is InChI=1S/C27H25N3O5S/c1-34-21-15-19(16-22(17-21)35-2)24(18-30(32)33)26(36-23-11-7-4-8-12-23)25(31)27-28-13-14-29(27)20-9-5-3-6-10-20/h3-17,24,26H,18H2,1-2H3/t24-,26+/m1/s1. The maximum atomic E-state index is 14.1. The van der Waals surface area contributed by atoms with Gasteiger partial charge in [0.1, 0.15) is 11.5 Å². The molecule has 9 heteroatoms. The van der Waals surface area contributed by atoms with Crippen molar-refractivity contribution in [2.45, 2.75) is 16.1 Å². The summed E-state index contributed by atoms with van der Waals surface area (Å²) < 4.78 is 12.5. The number of aromatic nitrogens is 2. The van der Waals surface area contributed by atoms with Gasteiger partial charge in [-0.25, -0.2) is 4.98 Å². The summed E-state index contributed by atoms with van der Waals surface area (Å²) in [6.45, 7) is -0.460. The van der Waals surface area contributed by atoms with E-state index in [1.54, 1.807) is 35.2 Å². The molecule has 4 aromatic rings. The summed E-state index contributed by atoms with van der Waals surface area (Å²) >= 11 is 1.28. The number of hydrogen-bond donors (Lipinski definition) is 0. The number of nitro groups is 1. The molecule has 0 spiro atoms. The number of hydrogen-bond acceptors (Lipinski definition) is 7. The minimum Gasteiger partial charge on any atom is -0.497 e. The number of para-hydroxylation sites is 1. The van der Waals surface area contributed by atoms with E-state index >= 15 is 0 Å². The first-order valence-electron chi connectivity index (χ1n) is 11.2. The second-order valence-electron chi connectivity index (χ2n) is 7.94. The van der Waals surface area contributed by atoms with E-state index in [9.17, 15) is 14.9 Å². The van der Waals surface area contributed by atoms with E-state index < -0.39 is 22.6 Å². The molecule has 0 aliphatic heterocycles. The van der Waals surface area contributed by atoms with Gasteiger partial charge in [-0.1, -0.05) is 36.4 Å². The van der Waals surface area contributed by atoms with E-state index in [1.165, 1.54) is 26.0 Å². The summed E-state index contributed by atoms with van der Waals surface area (Å²) in [5.41, 5.74) is 1.35. The summed E-state index contributed by atoms with van der Waals surface area (Å²) in [4.78, 5) is 30.7. The Bertz CT molecular complexity index is 1310. The van der Waals surface area contributed by atoms with Crippen molar-refractivity contribution in [2.75, 3.05) is 20.8 Å². The van der Waals surface area contributed by atoms with Crippen LogP contribution in [0.2, 0.25) is 0 Å². The number of ketones is 1. The number of thioether (sulfide) groups is 1. The van der Waals surface area contributed by atoms with Crippen molar-refractivity contribution < 1.29 is 19.2 Å². The average Bonchev–Trinajstić information content (AvgIpc) is 3.41. The van der Waals surface area contributed by atoms with Crippen LogP contribution in [0.4, 0.5) is 0 Å². The number of nitrogens with zero attached hydrogens (tertiary/aromatic N) is 3. The van der Waals surface area contributed by atoms with Gasteiger partial charge in [-0.05, 0) is 42.0 Å². The molecule has 0 amide bonds. The largest absolute Gasteiger partial charge is 0.497 e. The smallest absolute Gasteiger partial charge is 0.212 e. The first-order chi connectivity index (χ1) is 17.5. The van der Waals surface area contributed by atoms with Crippen molar-refractivity contribution in [3.05, 3.63) is 113 Å². The van der Waals surface area contributed by atoms with E-state index in [4.69, 9.17) is 9.47 Å². The minimum atomic E-state index is -0.848. The van der Waals surface area contributed by atoms with Crippen LogP contribution >= 0.6 is 11.8 Å². The lowest BCUT2D eigenvalue weighted by Crippen LogP contribution is -2.32. The first kappa shape index (κ1) is 25.0. The van der Waals surface area contributed by atoms with E-state index in [1.807, 2.05) is 60.7 Å². The third-order valence-electron chi connectivity index (χ3n) is 5.67. The highest BCUT2D eigenvalue weighted by Gasteiger charge is 2.37. The summed E-state index contributed by atoms with van der Waals surface area (Å²) in [6, 6.07) is 23.9. The van der Waals surface area contributed by atoms with Gasteiger partial charge in [0, 0.05) is 34.0 Å². The molecule has 8 nitrogen and oxygen atoms in total. The molecule has 0 saturated carbocycles. The van der Waals surface area contributed by atoms with Crippen LogP contribution in [0.3, 0.4) is 0 Å². The maximum Gasteiger partial charge on any atom is 0.212 e. The molecule has 0 unspecified atom stereocenters. The zero-order chi connectivity index (χ0) is 25.5. The molecule has 4 rings (SSSR count). The Hall–Kier alpha value is -4.11. The Kier molecular flexibility index (Phi) is 8.02. The molecule has 1 aromatic heterocycles. The Morgan fingerprint density at radius 3 is 2.19 bits per heavy atom. The third kappa shape index (κ3) is 5.75. The lowest BCUT2D eigenvalue weighted by Gasteiger charge is -2.24. The van der Waals surface area contributed by atoms with E-state index in [0.29, 0.717) is 17.1 Å². The first-order valence-corrected chi connectivity index (χ1v) is 12.1. The van der Waals surface area contributed by atoms with E-state index in [2.05, 4.69) is 4.98 Å². The fourth-order valence-corrected chi connectivity index (χ4v) is 5.18. The highest BCUT2D eigenvalue weighted by atomic mass is 32.2. The number of rotatable bonds is 11. The van der Waals surface area contributed by atoms with Gasteiger partial charge in [0.05, 0.1) is 25.4 Å². The summed E-state index contributed by atoms with van der Waals surface area (Å²) in [7, 11) is 3.03. The highest BCUT2D eigenvalue weighted by molar-refractivity contribution is 8.00. The summed E-state index contributed by atoms with van der Waals surface area (Å²) in [5.74, 6) is 0.0746. The number of benzene rings is 3. The maximum absolute atomic E-state index is 14.1. The van der Waals surface area contributed by atoms with Crippen LogP contribution in [0.1, 0.15) is 22.1 Å². The van der Waals surface area contributed by atoms with Crippen molar-refractivity contribution in [1.82, 2.24) is 9.55 Å². The Balaban J connectivity index is 1.84.